The van der Waals surface area contributed by atoms with E-state index in [1.165, 1.54) is 0 Å². The van der Waals surface area contributed by atoms with Crippen LogP contribution in [0.3, 0.4) is 0 Å². The number of amides is 1. The van der Waals surface area contributed by atoms with Gasteiger partial charge in [-0.2, -0.15) is 0 Å². The van der Waals surface area contributed by atoms with Crippen LogP contribution in [0, 0.1) is 12.8 Å². The first-order valence-electron chi connectivity index (χ1n) is 10.4. The SMILES string of the molecule is Cc1cc(Br)cc(CNCC2CN(C(=O)OC(C)(C)C)C2)c1OCc1ccccc1. The van der Waals surface area contributed by atoms with Gasteiger partial charge in [0.2, 0.25) is 0 Å². The Morgan fingerprint density at radius 1 is 1.20 bits per heavy atom. The summed E-state index contributed by atoms with van der Waals surface area (Å²) in [4.78, 5) is 13.8. The summed E-state index contributed by atoms with van der Waals surface area (Å²) in [6.07, 6.45) is -0.224. The topological polar surface area (TPSA) is 50.8 Å². The zero-order chi connectivity index (χ0) is 21.7. The van der Waals surface area contributed by atoms with Crippen molar-refractivity contribution < 1.29 is 14.3 Å². The summed E-state index contributed by atoms with van der Waals surface area (Å²) in [6, 6.07) is 14.4. The van der Waals surface area contributed by atoms with Crippen molar-refractivity contribution in [2.24, 2.45) is 5.92 Å². The maximum absolute atomic E-state index is 12.1. The van der Waals surface area contributed by atoms with Crippen LogP contribution >= 0.6 is 15.9 Å². The summed E-state index contributed by atoms with van der Waals surface area (Å²) in [7, 11) is 0. The molecule has 0 unspecified atom stereocenters. The third-order valence-corrected chi connectivity index (χ3v) is 5.36. The zero-order valence-electron chi connectivity index (χ0n) is 18.2. The van der Waals surface area contributed by atoms with Crippen molar-refractivity contribution in [1.29, 1.82) is 0 Å². The van der Waals surface area contributed by atoms with Gasteiger partial charge in [-0.3, -0.25) is 0 Å². The average Bonchev–Trinajstić information content (AvgIpc) is 2.62. The van der Waals surface area contributed by atoms with Crippen LogP contribution in [-0.2, 0) is 17.9 Å². The lowest BCUT2D eigenvalue weighted by Gasteiger charge is -2.39. The lowest BCUT2D eigenvalue weighted by molar-refractivity contribution is -0.000803. The Morgan fingerprint density at radius 2 is 1.90 bits per heavy atom. The molecule has 2 aromatic carbocycles. The Balaban J connectivity index is 1.50. The number of nitrogens with one attached hydrogen (secondary N) is 1. The van der Waals surface area contributed by atoms with Crippen LogP contribution in [0.25, 0.3) is 0 Å². The average molecular weight is 475 g/mol. The molecule has 1 heterocycles. The van der Waals surface area contributed by atoms with Gasteiger partial charge in [0.1, 0.15) is 18.0 Å². The van der Waals surface area contributed by atoms with Gasteiger partial charge in [0.05, 0.1) is 0 Å². The number of halogens is 1. The van der Waals surface area contributed by atoms with Crippen molar-refractivity contribution in [3.05, 3.63) is 63.6 Å². The molecule has 162 valence electrons. The third kappa shape index (κ3) is 6.47. The first-order valence-corrected chi connectivity index (χ1v) is 11.1. The van der Waals surface area contributed by atoms with Gasteiger partial charge in [0, 0.05) is 42.1 Å². The predicted molar refractivity (Wildman–Crippen MR) is 123 cm³/mol. The second-order valence-electron chi connectivity index (χ2n) is 8.87. The minimum atomic E-state index is -0.449. The van der Waals surface area contributed by atoms with Crippen LogP contribution in [0.1, 0.15) is 37.5 Å². The van der Waals surface area contributed by atoms with Crippen molar-refractivity contribution in [2.45, 2.75) is 46.4 Å². The molecule has 1 amide bonds. The quantitative estimate of drug-likeness (QED) is 0.591. The van der Waals surface area contributed by atoms with Gasteiger partial charge in [-0.15, -0.1) is 0 Å². The van der Waals surface area contributed by atoms with Crippen LogP contribution < -0.4 is 10.1 Å². The van der Waals surface area contributed by atoms with E-state index in [4.69, 9.17) is 9.47 Å². The molecule has 1 saturated heterocycles. The maximum Gasteiger partial charge on any atom is 0.410 e. The van der Waals surface area contributed by atoms with Crippen molar-refractivity contribution in [3.8, 4) is 5.75 Å². The van der Waals surface area contributed by atoms with E-state index in [1.807, 2.05) is 39.0 Å². The molecule has 0 bridgehead atoms. The van der Waals surface area contributed by atoms with Gasteiger partial charge in [0.15, 0.2) is 0 Å². The van der Waals surface area contributed by atoms with Crippen molar-refractivity contribution in [3.63, 3.8) is 0 Å². The van der Waals surface area contributed by atoms with Gasteiger partial charge >= 0.3 is 6.09 Å². The van der Waals surface area contributed by atoms with E-state index in [9.17, 15) is 4.79 Å². The second kappa shape index (κ2) is 9.84. The van der Waals surface area contributed by atoms with Gasteiger partial charge in [-0.05, 0) is 51.0 Å². The standard InChI is InChI=1S/C24H31BrN2O3/c1-17-10-21(25)11-20(22(17)29-16-18-8-6-5-7-9-18)13-26-12-19-14-27(15-19)23(28)30-24(2,3)4/h5-11,19,26H,12-16H2,1-4H3. The molecule has 0 spiro atoms. The molecule has 1 N–H and O–H groups in total. The van der Waals surface area contributed by atoms with E-state index < -0.39 is 5.60 Å². The first-order chi connectivity index (χ1) is 14.2. The number of nitrogens with zero attached hydrogens (tertiary/aromatic N) is 1. The highest BCUT2D eigenvalue weighted by atomic mass is 79.9. The van der Waals surface area contributed by atoms with Crippen LogP contribution in [0.2, 0.25) is 0 Å². The minimum Gasteiger partial charge on any atom is -0.488 e. The summed E-state index contributed by atoms with van der Waals surface area (Å²) in [6.45, 7) is 11.3. The van der Waals surface area contributed by atoms with E-state index in [0.717, 1.165) is 46.5 Å². The largest absolute Gasteiger partial charge is 0.488 e. The lowest BCUT2D eigenvalue weighted by atomic mass is 10.0. The summed E-state index contributed by atoms with van der Waals surface area (Å²) in [5, 5.41) is 3.52. The smallest absolute Gasteiger partial charge is 0.410 e. The fourth-order valence-electron chi connectivity index (χ4n) is 3.45. The number of carbonyl (C=O) groups is 1. The highest BCUT2D eigenvalue weighted by molar-refractivity contribution is 9.10. The van der Waals surface area contributed by atoms with Gasteiger partial charge in [-0.25, -0.2) is 4.79 Å². The van der Waals surface area contributed by atoms with E-state index in [0.29, 0.717) is 19.1 Å². The van der Waals surface area contributed by atoms with Crippen LogP contribution in [0.4, 0.5) is 4.79 Å². The number of hydrogen-bond acceptors (Lipinski definition) is 4. The van der Waals surface area contributed by atoms with Crippen molar-refractivity contribution in [2.75, 3.05) is 19.6 Å². The van der Waals surface area contributed by atoms with Crippen LogP contribution in [-0.4, -0.2) is 36.2 Å². The molecule has 30 heavy (non-hydrogen) atoms. The molecule has 6 heteroatoms. The molecular weight excluding hydrogens is 444 g/mol. The minimum absolute atomic E-state index is 0.224. The molecule has 0 saturated carbocycles. The van der Waals surface area contributed by atoms with E-state index in [2.05, 4.69) is 52.4 Å². The normalized spacial score (nSPS) is 14.4. The fourth-order valence-corrected chi connectivity index (χ4v) is 4.07. The Hall–Kier alpha value is -2.05. The molecule has 3 rings (SSSR count). The molecule has 1 fully saturated rings. The number of benzene rings is 2. The van der Waals surface area contributed by atoms with E-state index in [1.54, 1.807) is 4.90 Å². The summed E-state index contributed by atoms with van der Waals surface area (Å²) < 4.78 is 12.6. The molecule has 0 radical (unpaired) electrons. The maximum atomic E-state index is 12.1. The molecule has 2 aromatic rings. The molecule has 5 nitrogen and oxygen atoms in total. The fraction of sp³-hybridized carbons (Fsp3) is 0.458. The Kier molecular flexibility index (Phi) is 7.42. The van der Waals surface area contributed by atoms with E-state index >= 15 is 0 Å². The Labute approximate surface area is 187 Å². The van der Waals surface area contributed by atoms with Gasteiger partial charge < -0.3 is 19.7 Å². The summed E-state index contributed by atoms with van der Waals surface area (Å²) in [5.74, 6) is 1.37. The molecule has 1 aliphatic rings. The first kappa shape index (κ1) is 22.6. The number of likely N-dealkylation sites (tertiary alicyclic amines) is 1. The molecular formula is C24H31BrN2O3. The number of carbonyl (C=O) groups excluding carboxylic acids is 1. The van der Waals surface area contributed by atoms with Crippen molar-refractivity contribution >= 4 is 22.0 Å². The highest BCUT2D eigenvalue weighted by Gasteiger charge is 2.33. The number of ether oxygens (including phenoxy) is 2. The molecule has 0 aliphatic carbocycles. The zero-order valence-corrected chi connectivity index (χ0v) is 19.8. The summed E-state index contributed by atoms with van der Waals surface area (Å²) in [5.41, 5.74) is 2.93. The molecule has 0 atom stereocenters. The van der Waals surface area contributed by atoms with Gasteiger partial charge in [0.25, 0.3) is 0 Å². The number of rotatable bonds is 7. The Bertz CT molecular complexity index is 859. The van der Waals surface area contributed by atoms with Gasteiger partial charge in [-0.1, -0.05) is 46.3 Å². The highest BCUT2D eigenvalue weighted by Crippen LogP contribution is 2.29. The molecule has 0 aromatic heterocycles. The monoisotopic (exact) mass is 474 g/mol. The van der Waals surface area contributed by atoms with Crippen molar-refractivity contribution in [1.82, 2.24) is 10.2 Å². The second-order valence-corrected chi connectivity index (χ2v) is 9.78. The lowest BCUT2D eigenvalue weighted by Crippen LogP contribution is -2.54. The van der Waals surface area contributed by atoms with Crippen LogP contribution in [0.15, 0.2) is 46.9 Å². The Morgan fingerprint density at radius 3 is 2.57 bits per heavy atom. The molecule has 1 aliphatic heterocycles. The van der Waals surface area contributed by atoms with E-state index in [-0.39, 0.29) is 6.09 Å². The number of hydrogen-bond donors (Lipinski definition) is 1. The number of aryl methyl sites for hydroxylation is 1. The van der Waals surface area contributed by atoms with Crippen LogP contribution in [0.5, 0.6) is 5.75 Å². The summed E-state index contributed by atoms with van der Waals surface area (Å²) >= 11 is 3.60. The predicted octanol–water partition coefficient (Wildman–Crippen LogP) is 5.29. The third-order valence-electron chi connectivity index (χ3n) is 4.90.